The molecule has 2 aromatic carbocycles. The molecule has 19 heteroatoms. The zero-order chi connectivity index (χ0) is 46.9. The molecule has 1 fully saturated rings. The molecule has 5 rings (SSSR count). The van der Waals surface area contributed by atoms with Crippen molar-refractivity contribution in [3.63, 3.8) is 0 Å². The van der Waals surface area contributed by atoms with Crippen LogP contribution in [0.25, 0.3) is 10.9 Å². The van der Waals surface area contributed by atoms with Gasteiger partial charge >= 0.3 is 0 Å². The summed E-state index contributed by atoms with van der Waals surface area (Å²) in [6.07, 6.45) is 6.16. The first-order chi connectivity index (χ1) is 31.2. The number of aromatic amines is 1. The van der Waals surface area contributed by atoms with Crippen molar-refractivity contribution in [2.45, 2.75) is 121 Å². The Hall–Kier alpha value is -7.18. The largest absolute Gasteiger partial charge is 0.370 e. The van der Waals surface area contributed by atoms with Crippen molar-refractivity contribution in [3.8, 4) is 0 Å². The van der Waals surface area contributed by atoms with E-state index in [1.54, 1.807) is 48.8 Å². The highest BCUT2D eigenvalue weighted by atomic mass is 16.2. The third-order valence-corrected chi connectivity index (χ3v) is 11.1. The zero-order valence-corrected chi connectivity index (χ0v) is 36.7. The summed E-state index contributed by atoms with van der Waals surface area (Å²) >= 11 is 0. The van der Waals surface area contributed by atoms with Crippen LogP contribution in [0, 0.1) is 0 Å². The Morgan fingerprint density at radius 2 is 1.38 bits per heavy atom. The molecule has 1 saturated heterocycles. The number of benzene rings is 2. The van der Waals surface area contributed by atoms with Crippen molar-refractivity contribution < 1.29 is 38.4 Å². The fraction of sp³-hybridized carbons (Fsp3) is 0.435. The van der Waals surface area contributed by atoms with E-state index in [0.717, 1.165) is 10.9 Å². The second-order valence-corrected chi connectivity index (χ2v) is 16.3. The fourth-order valence-electron chi connectivity index (χ4n) is 7.70. The Bertz CT molecular complexity index is 2300. The molecule has 0 spiro atoms. The van der Waals surface area contributed by atoms with Gasteiger partial charge in [-0.2, -0.15) is 0 Å². The second-order valence-electron chi connectivity index (χ2n) is 16.3. The quantitative estimate of drug-likeness (QED) is 0.0700. The number of ketones is 2. The molecule has 2 aliphatic rings. The molecular weight excluding hydrogens is 835 g/mol. The number of nitrogens with zero attached hydrogens (tertiary/aromatic N) is 2. The second kappa shape index (κ2) is 24.0. The van der Waals surface area contributed by atoms with E-state index in [1.165, 1.54) is 13.8 Å². The molecule has 0 unspecified atom stereocenters. The fourth-order valence-corrected chi connectivity index (χ4v) is 7.70. The highest BCUT2D eigenvalue weighted by Gasteiger charge is 2.34. The molecule has 6 atom stereocenters. The van der Waals surface area contributed by atoms with Crippen molar-refractivity contribution >= 4 is 70.1 Å². The van der Waals surface area contributed by atoms with Crippen LogP contribution in [0.3, 0.4) is 0 Å². The predicted molar refractivity (Wildman–Crippen MR) is 244 cm³/mol. The highest BCUT2D eigenvalue weighted by molar-refractivity contribution is 5.98. The maximum Gasteiger partial charge on any atom is 0.243 e. The molecule has 3 heterocycles. The summed E-state index contributed by atoms with van der Waals surface area (Å²) in [6.45, 7) is 2.60. The van der Waals surface area contributed by atoms with E-state index in [4.69, 9.17) is 11.5 Å². The summed E-state index contributed by atoms with van der Waals surface area (Å²) in [7, 11) is 0. The first-order valence-corrected chi connectivity index (χ1v) is 21.8. The Kier molecular flexibility index (Phi) is 18.1. The van der Waals surface area contributed by atoms with Gasteiger partial charge in [0.1, 0.15) is 36.0 Å². The number of H-pyrrole nitrogens is 1. The highest BCUT2D eigenvalue weighted by Crippen LogP contribution is 2.20. The monoisotopic (exact) mass is 893 g/mol. The number of nitrogens with two attached hydrogens (primary N) is 2. The first kappa shape index (κ1) is 48.8. The van der Waals surface area contributed by atoms with E-state index in [0.29, 0.717) is 29.7 Å². The van der Waals surface area contributed by atoms with Gasteiger partial charge in [0.25, 0.3) is 0 Å². The normalized spacial score (nSPS) is 23.1. The number of aliphatic imine (C=N–C) groups is 2. The molecular formula is C46H59N11O8. The molecule has 2 aliphatic heterocycles. The Morgan fingerprint density at radius 3 is 2.06 bits per heavy atom. The molecule has 0 radical (unpaired) electrons. The lowest BCUT2D eigenvalue weighted by molar-refractivity contribution is -0.135. The first-order valence-electron chi connectivity index (χ1n) is 21.8. The maximum atomic E-state index is 14.5. The Balaban J connectivity index is 1.54. The SMILES string of the molecule is CC(=O)N[C@H]1CCCCC(=O)C[C@@H](C(C)=O)NC(=O)[C@H](Cc2c[nH]c3ccccc23)NC(=O)[C@H](CCCN=C(N)N)NC(=O)[C@@H](Cc2ccccc2)NC(=O)[C@H](CC2=CCC=N2)NC1=O. The number of carbonyl (C=O) groups excluding carboxylic acids is 8. The number of nitrogens with one attached hydrogen (secondary N) is 7. The Morgan fingerprint density at radius 1 is 0.754 bits per heavy atom. The third-order valence-electron chi connectivity index (χ3n) is 11.1. The van der Waals surface area contributed by atoms with Gasteiger partial charge in [-0.25, -0.2) is 0 Å². The number of aromatic nitrogens is 1. The van der Waals surface area contributed by atoms with E-state index in [9.17, 15) is 38.4 Å². The molecule has 6 amide bonds. The number of carbonyl (C=O) groups is 8. The van der Waals surface area contributed by atoms with Crippen LogP contribution in [-0.4, -0.2) is 107 Å². The number of hydrogen-bond acceptors (Lipinski definition) is 10. The van der Waals surface area contributed by atoms with Crippen molar-refractivity contribution in [2.24, 2.45) is 21.5 Å². The van der Waals surface area contributed by atoms with Gasteiger partial charge in [-0.05, 0) is 49.8 Å². The van der Waals surface area contributed by atoms with Gasteiger partial charge in [-0.1, -0.05) is 61.0 Å². The van der Waals surface area contributed by atoms with Crippen molar-refractivity contribution in [1.29, 1.82) is 0 Å². The van der Waals surface area contributed by atoms with Crippen LogP contribution in [0.2, 0.25) is 0 Å². The predicted octanol–water partition coefficient (Wildman–Crippen LogP) is 0.806. The summed E-state index contributed by atoms with van der Waals surface area (Å²) < 4.78 is 0. The smallest absolute Gasteiger partial charge is 0.243 e. The average molecular weight is 894 g/mol. The topological polar surface area (TPSA) is 301 Å². The van der Waals surface area contributed by atoms with Crippen LogP contribution in [0.15, 0.2) is 82.6 Å². The number of fused-ring (bicyclic) bond motifs is 1. The summed E-state index contributed by atoms with van der Waals surface area (Å²) in [4.78, 5) is 121. The summed E-state index contributed by atoms with van der Waals surface area (Å²) in [5.41, 5.74) is 13.8. The summed E-state index contributed by atoms with van der Waals surface area (Å²) in [5, 5.41) is 17.2. The number of guanidine groups is 1. The molecule has 0 saturated carbocycles. The van der Waals surface area contributed by atoms with E-state index in [2.05, 4.69) is 46.9 Å². The molecule has 19 nitrogen and oxygen atoms in total. The van der Waals surface area contributed by atoms with E-state index >= 15 is 0 Å². The van der Waals surface area contributed by atoms with E-state index in [-0.39, 0.29) is 76.1 Å². The molecule has 0 aliphatic carbocycles. The lowest BCUT2D eigenvalue weighted by Gasteiger charge is -2.28. The van der Waals surface area contributed by atoms with Crippen molar-refractivity contribution in [1.82, 2.24) is 36.9 Å². The van der Waals surface area contributed by atoms with E-state index in [1.807, 2.05) is 24.3 Å². The van der Waals surface area contributed by atoms with Gasteiger partial charge in [0.15, 0.2) is 11.7 Å². The number of allylic oxidation sites excluding steroid dienone is 1. The molecule has 3 aromatic rings. The van der Waals surface area contributed by atoms with Gasteiger partial charge in [-0.3, -0.25) is 48.3 Å². The van der Waals surface area contributed by atoms with Gasteiger partial charge in [0.05, 0.1) is 6.04 Å². The number of hydrogen-bond donors (Lipinski definition) is 9. The van der Waals surface area contributed by atoms with Crippen LogP contribution in [0.1, 0.15) is 82.8 Å². The van der Waals surface area contributed by atoms with Gasteiger partial charge in [0.2, 0.25) is 35.4 Å². The Labute approximate surface area is 376 Å². The van der Waals surface area contributed by atoms with Crippen LogP contribution in [0.4, 0.5) is 0 Å². The van der Waals surface area contributed by atoms with Gasteiger partial charge in [-0.15, -0.1) is 0 Å². The van der Waals surface area contributed by atoms with Crippen LogP contribution in [0.5, 0.6) is 0 Å². The van der Waals surface area contributed by atoms with Crippen LogP contribution < -0.4 is 43.4 Å². The zero-order valence-electron chi connectivity index (χ0n) is 36.7. The van der Waals surface area contributed by atoms with Gasteiger partial charge in [0, 0.05) is 81.0 Å². The summed E-state index contributed by atoms with van der Waals surface area (Å²) in [6, 6.07) is 8.81. The number of amides is 6. The minimum absolute atomic E-state index is 0.00475. The molecule has 11 N–H and O–H groups in total. The maximum absolute atomic E-state index is 14.5. The van der Waals surface area contributed by atoms with Crippen molar-refractivity contribution in [2.75, 3.05) is 6.54 Å². The minimum Gasteiger partial charge on any atom is -0.370 e. The van der Waals surface area contributed by atoms with Crippen LogP contribution >= 0.6 is 0 Å². The molecule has 65 heavy (non-hydrogen) atoms. The average Bonchev–Trinajstić information content (AvgIpc) is 3.94. The number of rotatable bonds is 12. The number of para-hydroxylation sites is 1. The standard InChI is InChI=1S/C46H59N11O8/c1-27(58)37-25-32(60)15-6-8-18-35(52-28(2)59)41(61)57-40(24-31-14-10-20-49-31)45(65)55-38(22-29-12-4-3-5-13-29)43(63)53-36(19-11-21-50-46(47)48)42(62)56-39(44(64)54-37)23-30-26-51-34-17-9-7-16-33(30)34/h3-5,7,9,12-14,16-17,20,26,35-40,51H,6,8,10-11,15,18-19,21-25H2,1-2H3,(H,52,59)(H,53,63)(H,54,64)(H,55,65)(H,56,62)(H,57,61)(H4,47,48,50)/t35-,36-,37-,38+,39-,40-/m0/s1. The van der Waals surface area contributed by atoms with Crippen molar-refractivity contribution in [3.05, 3.63) is 83.7 Å². The van der Waals surface area contributed by atoms with Crippen LogP contribution in [-0.2, 0) is 51.2 Å². The molecule has 346 valence electrons. The minimum atomic E-state index is -1.31. The van der Waals surface area contributed by atoms with Gasteiger partial charge < -0.3 is 48.4 Å². The molecule has 0 bridgehead atoms. The number of Topliss-reactive ketones (excluding diaryl/α,β-unsaturated/α-hetero) is 2. The third kappa shape index (κ3) is 15.2. The lowest BCUT2D eigenvalue weighted by atomic mass is 9.99. The summed E-state index contributed by atoms with van der Waals surface area (Å²) in [5.74, 6) is -5.13. The molecule has 1 aromatic heterocycles. The lowest BCUT2D eigenvalue weighted by Crippen LogP contribution is -2.60. The van der Waals surface area contributed by atoms with E-state index < -0.39 is 77.5 Å².